The molecule has 0 spiro atoms. The first-order valence-electron chi connectivity index (χ1n) is 27.1. The highest BCUT2D eigenvalue weighted by molar-refractivity contribution is 7.89. The summed E-state index contributed by atoms with van der Waals surface area (Å²) < 4.78 is 140. The molecule has 442 valence electrons. The second kappa shape index (κ2) is 25.0. The number of rotatable bonds is 15. The SMILES string of the molecule is CC(=O)O[C@@H]1C[C@@H](CC(=O)N[C@@H]2CCCc3cc(CNC(C)(C)C)ccc32)N(S(=O)(=O)c2cccc(C(F)(F)F)c2)C1.CC(C)(C)NCc1ccc2c(c1)CCC[C@H]2NC(=O)C[C@@H]1CC(=O)CN1S(=O)(=O)c1cccc(C(F)(F)F)c1. The third kappa shape index (κ3) is 16.7. The van der Waals surface area contributed by atoms with Crippen molar-refractivity contribution in [1.82, 2.24) is 29.9 Å². The Hall–Kier alpha value is -5.72. The molecule has 0 unspecified atom stereocenters. The first-order chi connectivity index (χ1) is 37.7. The van der Waals surface area contributed by atoms with Gasteiger partial charge in [-0.05, 0) is 150 Å². The molecule has 2 aliphatic carbocycles. The minimum absolute atomic E-state index is 0.0173. The fourth-order valence-corrected chi connectivity index (χ4v) is 14.1. The minimum Gasteiger partial charge on any atom is -0.461 e. The van der Waals surface area contributed by atoms with Crippen molar-refractivity contribution in [2.45, 2.75) is 189 Å². The summed E-state index contributed by atoms with van der Waals surface area (Å²) in [6.45, 7) is 14.5. The number of nitrogens with one attached hydrogen (secondary N) is 4. The summed E-state index contributed by atoms with van der Waals surface area (Å²) in [5.41, 5.74) is 4.41. The van der Waals surface area contributed by atoms with Crippen LogP contribution in [0.3, 0.4) is 0 Å². The van der Waals surface area contributed by atoms with Gasteiger partial charge in [-0.15, -0.1) is 0 Å². The number of aryl methyl sites for hydroxylation is 2. The van der Waals surface area contributed by atoms with E-state index in [1.165, 1.54) is 6.92 Å². The number of esters is 1. The van der Waals surface area contributed by atoms with Gasteiger partial charge in [0.15, 0.2) is 0 Å². The summed E-state index contributed by atoms with van der Waals surface area (Å²) in [5.74, 6) is -1.79. The number of Topliss-reactive ketones (excluding diaryl/α,β-unsaturated/α-hetero) is 1. The molecular weight excluding hydrogens is 1100 g/mol. The van der Waals surface area contributed by atoms with Crippen LogP contribution in [0.4, 0.5) is 26.3 Å². The number of ketones is 1. The lowest BCUT2D eigenvalue weighted by Gasteiger charge is -2.29. The molecule has 81 heavy (non-hydrogen) atoms. The molecule has 4 aromatic carbocycles. The van der Waals surface area contributed by atoms with Gasteiger partial charge in [0.2, 0.25) is 31.9 Å². The van der Waals surface area contributed by atoms with Crippen LogP contribution in [0, 0.1) is 0 Å². The second-order valence-corrected chi connectivity index (χ2v) is 27.2. The molecule has 0 radical (unpaired) electrons. The van der Waals surface area contributed by atoms with Crippen molar-refractivity contribution in [2.24, 2.45) is 0 Å². The van der Waals surface area contributed by atoms with Crippen LogP contribution < -0.4 is 21.3 Å². The number of carbonyl (C=O) groups excluding carboxylic acids is 4. The van der Waals surface area contributed by atoms with Crippen molar-refractivity contribution in [1.29, 1.82) is 0 Å². The first kappa shape index (κ1) is 62.9. The van der Waals surface area contributed by atoms with E-state index in [4.69, 9.17) is 4.74 Å². The van der Waals surface area contributed by atoms with Crippen LogP contribution in [-0.2, 0) is 82.2 Å². The summed E-state index contributed by atoms with van der Waals surface area (Å²) in [6, 6.07) is 17.0. The van der Waals surface area contributed by atoms with Crippen molar-refractivity contribution in [3.05, 3.63) is 129 Å². The smallest absolute Gasteiger partial charge is 0.416 e. The number of carbonyl (C=O) groups is 4. The number of amides is 2. The zero-order valence-electron chi connectivity index (χ0n) is 46.5. The molecule has 4 aromatic rings. The van der Waals surface area contributed by atoms with Gasteiger partial charge in [0.25, 0.3) is 0 Å². The molecule has 15 nitrogen and oxygen atoms in total. The Morgan fingerprint density at radius 2 is 1.06 bits per heavy atom. The van der Waals surface area contributed by atoms with Crippen LogP contribution in [0.5, 0.6) is 0 Å². The number of hydrogen-bond acceptors (Lipinski definition) is 11. The van der Waals surface area contributed by atoms with E-state index in [0.717, 1.165) is 130 Å². The maximum Gasteiger partial charge on any atom is 0.416 e. The Labute approximate surface area is 470 Å². The lowest BCUT2D eigenvalue weighted by Crippen LogP contribution is -2.40. The first-order valence-corrected chi connectivity index (χ1v) is 29.9. The molecular formula is C58H72F6N6O9S2. The highest BCUT2D eigenvalue weighted by Gasteiger charge is 2.45. The third-order valence-corrected chi connectivity index (χ3v) is 18.4. The van der Waals surface area contributed by atoms with Crippen LogP contribution in [-0.4, -0.2) is 91.4 Å². The fourth-order valence-electron chi connectivity index (χ4n) is 10.7. The maximum atomic E-state index is 13.5. The Bertz CT molecular complexity index is 3200. The molecule has 4 aliphatic rings. The van der Waals surface area contributed by atoms with Gasteiger partial charge in [-0.25, -0.2) is 16.8 Å². The summed E-state index contributed by atoms with van der Waals surface area (Å²) in [7, 11) is -8.86. The number of benzene rings is 4. The van der Waals surface area contributed by atoms with E-state index in [2.05, 4.69) is 74.9 Å². The molecule has 2 aliphatic heterocycles. The van der Waals surface area contributed by atoms with Crippen molar-refractivity contribution >= 4 is 43.6 Å². The number of alkyl halides is 6. The number of ether oxygens (including phenoxy) is 1. The standard InChI is InChI=1S/C30H38F3N3O5S.C28H34F3N3O4S/c1-19(37)41-24-15-23(36(18-24)42(39,40)25-9-6-8-22(14-25)30(31,32)33)16-28(38)35-27-10-5-7-21-13-20(11-12-26(21)27)17-34-29(2,3)4;1-27(2,3)32-16-18-10-11-24-19(12-18)6-4-9-25(24)33-26(36)15-21-14-22(35)17-34(21)39(37,38)23-8-5-7-20(13-23)28(29,30)31/h6,8-9,11-14,23-24,27,34H,5,7,10,15-18H2,1-4H3,(H,35,38);5,7-8,10-13,21,25,32H,4,6,9,14-17H2,1-3H3,(H,33,36)/t23-,24+,27+;21-,25+/m00/s1. The zero-order chi connectivity index (χ0) is 59.5. The molecule has 0 saturated carbocycles. The lowest BCUT2D eigenvalue weighted by atomic mass is 9.86. The van der Waals surface area contributed by atoms with Crippen molar-refractivity contribution in [2.75, 3.05) is 13.1 Å². The number of fused-ring (bicyclic) bond motifs is 2. The van der Waals surface area contributed by atoms with E-state index in [-0.39, 0.29) is 67.1 Å². The topological polar surface area (TPSA) is 200 Å². The molecule has 0 aromatic heterocycles. The van der Waals surface area contributed by atoms with E-state index >= 15 is 0 Å². The van der Waals surface area contributed by atoms with Gasteiger partial charge in [-0.1, -0.05) is 48.5 Å². The van der Waals surface area contributed by atoms with Crippen LogP contribution in [0.25, 0.3) is 0 Å². The maximum absolute atomic E-state index is 13.5. The monoisotopic (exact) mass is 1170 g/mol. The summed E-state index contributed by atoms with van der Waals surface area (Å²) in [4.78, 5) is 49.1. The highest BCUT2D eigenvalue weighted by atomic mass is 32.2. The van der Waals surface area contributed by atoms with Crippen molar-refractivity contribution in [3.63, 3.8) is 0 Å². The third-order valence-electron chi connectivity index (χ3n) is 14.6. The number of sulfonamides is 2. The largest absolute Gasteiger partial charge is 0.461 e. The molecule has 2 heterocycles. The van der Waals surface area contributed by atoms with Crippen LogP contribution >= 0.6 is 0 Å². The average Bonchev–Trinajstić information content (AvgIpc) is 3.96. The molecule has 8 rings (SSSR count). The molecule has 2 fully saturated rings. The van der Waals surface area contributed by atoms with Gasteiger partial charge in [0.1, 0.15) is 11.9 Å². The summed E-state index contributed by atoms with van der Waals surface area (Å²) in [5, 5.41) is 13.0. The van der Waals surface area contributed by atoms with Crippen molar-refractivity contribution in [3.8, 4) is 0 Å². The highest BCUT2D eigenvalue weighted by Crippen LogP contribution is 2.37. The Balaban J connectivity index is 0.000000234. The molecule has 0 bridgehead atoms. The summed E-state index contributed by atoms with van der Waals surface area (Å²) >= 11 is 0. The average molecular weight is 1180 g/mol. The zero-order valence-corrected chi connectivity index (χ0v) is 48.2. The van der Waals surface area contributed by atoms with Gasteiger partial charge in [0.05, 0.1) is 46.1 Å². The van der Waals surface area contributed by atoms with Crippen LogP contribution in [0.15, 0.2) is 94.7 Å². The van der Waals surface area contributed by atoms with Gasteiger partial charge < -0.3 is 26.0 Å². The summed E-state index contributed by atoms with van der Waals surface area (Å²) in [6.07, 6.45) is -5.87. The fraction of sp³-hybridized carbons (Fsp3) is 0.517. The van der Waals surface area contributed by atoms with Gasteiger partial charge in [0, 0.05) is 68.9 Å². The Morgan fingerprint density at radius 1 is 0.617 bits per heavy atom. The van der Waals surface area contributed by atoms with Crippen LogP contribution in [0.2, 0.25) is 0 Å². The normalized spacial score (nSPS) is 21.1. The van der Waals surface area contributed by atoms with E-state index in [1.54, 1.807) is 0 Å². The number of halogens is 6. The molecule has 23 heteroatoms. The second-order valence-electron chi connectivity index (χ2n) is 23.4. The number of nitrogens with zero attached hydrogens (tertiary/aromatic N) is 2. The molecule has 2 saturated heterocycles. The van der Waals surface area contributed by atoms with Crippen LogP contribution in [0.1, 0.15) is 156 Å². The van der Waals surface area contributed by atoms with E-state index in [0.29, 0.717) is 12.1 Å². The predicted octanol–water partition coefficient (Wildman–Crippen LogP) is 9.38. The van der Waals surface area contributed by atoms with Gasteiger partial charge >= 0.3 is 18.3 Å². The Morgan fingerprint density at radius 3 is 1.49 bits per heavy atom. The van der Waals surface area contributed by atoms with Crippen molar-refractivity contribution < 1.29 is 67.1 Å². The van der Waals surface area contributed by atoms with E-state index < -0.39 is 89.9 Å². The van der Waals surface area contributed by atoms with E-state index in [9.17, 15) is 62.4 Å². The van der Waals surface area contributed by atoms with Gasteiger partial charge in [-0.2, -0.15) is 35.0 Å². The number of hydrogen-bond donors (Lipinski definition) is 4. The lowest BCUT2D eigenvalue weighted by molar-refractivity contribution is -0.145. The minimum atomic E-state index is -4.73. The quantitative estimate of drug-likeness (QED) is 0.0653. The molecule has 5 atom stereocenters. The predicted molar refractivity (Wildman–Crippen MR) is 291 cm³/mol. The van der Waals surface area contributed by atoms with Gasteiger partial charge in [-0.3, -0.25) is 19.2 Å². The molecule has 2 amide bonds. The molecule has 4 N–H and O–H groups in total. The Kier molecular flexibility index (Phi) is 19.4. The van der Waals surface area contributed by atoms with E-state index in [1.807, 2.05) is 24.3 Å².